The van der Waals surface area contributed by atoms with Crippen LogP contribution in [-0.4, -0.2) is 11.1 Å². The van der Waals surface area contributed by atoms with Crippen molar-refractivity contribution >= 4 is 34.9 Å². The van der Waals surface area contributed by atoms with Crippen molar-refractivity contribution in [1.29, 1.82) is 0 Å². The van der Waals surface area contributed by atoms with Crippen LogP contribution in [0.1, 0.15) is 10.4 Å². The maximum atomic E-state index is 14.1. The van der Waals surface area contributed by atoms with E-state index in [9.17, 15) is 9.18 Å². The average molecular weight is 300 g/mol. The van der Waals surface area contributed by atoms with E-state index in [1.165, 1.54) is 12.1 Å². The van der Waals surface area contributed by atoms with Gasteiger partial charge in [0.2, 0.25) is 0 Å². The summed E-state index contributed by atoms with van der Waals surface area (Å²) in [6.07, 6.45) is 0. The summed E-state index contributed by atoms with van der Waals surface area (Å²) < 4.78 is 14.1. The summed E-state index contributed by atoms with van der Waals surface area (Å²) in [5.41, 5.74) is 5.22. The molecular weight excluding hydrogens is 292 g/mol. The van der Waals surface area contributed by atoms with Gasteiger partial charge >= 0.3 is 5.97 Å². The molecule has 2 aromatic rings. The number of hydrogen-bond donors (Lipinski definition) is 2. The minimum absolute atomic E-state index is 0.106. The second kappa shape index (κ2) is 5.07. The molecule has 0 fully saturated rings. The molecule has 0 aliphatic rings. The molecule has 0 aliphatic heterocycles. The monoisotopic (exact) mass is 299 g/mol. The lowest BCUT2D eigenvalue weighted by molar-refractivity contribution is 0.0697. The van der Waals surface area contributed by atoms with E-state index in [-0.39, 0.29) is 21.2 Å². The quantitative estimate of drug-likeness (QED) is 0.821. The van der Waals surface area contributed by atoms with E-state index in [0.717, 1.165) is 0 Å². The zero-order valence-corrected chi connectivity index (χ0v) is 11.0. The predicted octanol–water partition coefficient (Wildman–Crippen LogP) is 4.08. The molecule has 3 nitrogen and oxygen atoms in total. The summed E-state index contributed by atoms with van der Waals surface area (Å²) in [5.74, 6) is -2.12. The lowest BCUT2D eigenvalue weighted by Crippen LogP contribution is -2.05. The number of rotatable bonds is 2. The van der Waals surface area contributed by atoms with E-state index in [0.29, 0.717) is 5.56 Å². The highest BCUT2D eigenvalue weighted by Gasteiger charge is 2.18. The van der Waals surface area contributed by atoms with Gasteiger partial charge in [-0.1, -0.05) is 41.4 Å². The van der Waals surface area contributed by atoms with E-state index >= 15 is 0 Å². The maximum absolute atomic E-state index is 14.1. The smallest absolute Gasteiger partial charge is 0.337 e. The molecule has 2 rings (SSSR count). The summed E-state index contributed by atoms with van der Waals surface area (Å²) in [7, 11) is 0. The van der Waals surface area contributed by atoms with Gasteiger partial charge < -0.3 is 10.8 Å². The zero-order chi connectivity index (χ0) is 14.2. The van der Waals surface area contributed by atoms with Crippen LogP contribution in [0, 0.1) is 5.82 Å². The van der Waals surface area contributed by atoms with Crippen molar-refractivity contribution in [3.63, 3.8) is 0 Å². The van der Waals surface area contributed by atoms with Gasteiger partial charge in [-0.15, -0.1) is 0 Å². The summed E-state index contributed by atoms with van der Waals surface area (Å²) in [4.78, 5) is 10.8. The third kappa shape index (κ3) is 2.37. The number of hydrogen-bond acceptors (Lipinski definition) is 2. The Morgan fingerprint density at radius 2 is 1.84 bits per heavy atom. The Hall–Kier alpha value is -1.78. The molecule has 6 heteroatoms. The number of anilines is 1. The van der Waals surface area contributed by atoms with E-state index in [4.69, 9.17) is 34.0 Å². The first-order chi connectivity index (χ1) is 8.93. The first-order valence-electron chi connectivity index (χ1n) is 5.19. The predicted molar refractivity (Wildman–Crippen MR) is 73.2 cm³/mol. The van der Waals surface area contributed by atoms with E-state index in [1.54, 1.807) is 18.2 Å². The molecule has 0 atom stereocenters. The van der Waals surface area contributed by atoms with Crippen molar-refractivity contribution in [2.24, 2.45) is 0 Å². The zero-order valence-electron chi connectivity index (χ0n) is 9.45. The number of benzene rings is 2. The molecular formula is C13H8Cl2FNO2. The van der Waals surface area contributed by atoms with Crippen LogP contribution in [0.25, 0.3) is 11.1 Å². The molecule has 3 N–H and O–H groups in total. The van der Waals surface area contributed by atoms with Crippen LogP contribution in [0.5, 0.6) is 0 Å². The van der Waals surface area contributed by atoms with Crippen LogP contribution in [-0.2, 0) is 0 Å². The van der Waals surface area contributed by atoms with Crippen LogP contribution in [0.4, 0.5) is 10.1 Å². The van der Waals surface area contributed by atoms with Crippen molar-refractivity contribution in [2.75, 3.05) is 5.73 Å². The summed E-state index contributed by atoms with van der Waals surface area (Å²) in [6, 6.07) is 7.30. The largest absolute Gasteiger partial charge is 0.478 e. The van der Waals surface area contributed by atoms with E-state index in [2.05, 4.69) is 0 Å². The van der Waals surface area contributed by atoms with Gasteiger partial charge in [-0.3, -0.25) is 0 Å². The Kier molecular flexibility index (Phi) is 3.64. The number of carboxylic acid groups (broad SMARTS) is 1. The third-order valence-electron chi connectivity index (χ3n) is 2.65. The molecule has 0 saturated heterocycles. The molecule has 0 saturated carbocycles. The number of nitrogen functional groups attached to an aromatic ring is 1. The minimum atomic E-state index is -1.29. The number of carboxylic acids is 1. The van der Waals surface area contributed by atoms with Gasteiger partial charge in [0.05, 0.1) is 21.3 Å². The molecule has 0 spiro atoms. The highest BCUT2D eigenvalue weighted by Crippen LogP contribution is 2.36. The Balaban J connectivity index is 2.68. The normalized spacial score (nSPS) is 10.5. The summed E-state index contributed by atoms with van der Waals surface area (Å²) >= 11 is 11.9. The number of aromatic carboxylic acids is 1. The maximum Gasteiger partial charge on any atom is 0.337 e. The second-order valence-electron chi connectivity index (χ2n) is 3.79. The molecule has 19 heavy (non-hydrogen) atoms. The van der Waals surface area contributed by atoms with Crippen molar-refractivity contribution in [3.8, 4) is 11.1 Å². The molecule has 0 aliphatic carbocycles. The van der Waals surface area contributed by atoms with Gasteiger partial charge in [-0.2, -0.15) is 0 Å². The highest BCUT2D eigenvalue weighted by atomic mass is 35.5. The van der Waals surface area contributed by atoms with Crippen LogP contribution in [0.3, 0.4) is 0 Å². The Labute approximate surface area is 118 Å². The number of carbonyl (C=O) groups is 1. The molecule has 0 bridgehead atoms. The minimum Gasteiger partial charge on any atom is -0.478 e. The Morgan fingerprint density at radius 3 is 2.47 bits per heavy atom. The molecule has 0 aromatic heterocycles. The van der Waals surface area contributed by atoms with Crippen molar-refractivity contribution in [2.45, 2.75) is 0 Å². The van der Waals surface area contributed by atoms with Gasteiger partial charge in [0, 0.05) is 11.1 Å². The van der Waals surface area contributed by atoms with Crippen molar-refractivity contribution < 1.29 is 14.3 Å². The first kappa shape index (κ1) is 13.6. The van der Waals surface area contributed by atoms with E-state index in [1.807, 2.05) is 0 Å². The Morgan fingerprint density at radius 1 is 1.16 bits per heavy atom. The molecule has 98 valence electrons. The van der Waals surface area contributed by atoms with Gasteiger partial charge in [0.1, 0.15) is 0 Å². The summed E-state index contributed by atoms with van der Waals surface area (Å²) in [6.45, 7) is 0. The van der Waals surface area contributed by atoms with Crippen LogP contribution in [0.2, 0.25) is 10.0 Å². The topological polar surface area (TPSA) is 63.3 Å². The fourth-order valence-electron chi connectivity index (χ4n) is 1.70. The van der Waals surface area contributed by atoms with Gasteiger partial charge in [-0.05, 0) is 12.1 Å². The van der Waals surface area contributed by atoms with Crippen LogP contribution < -0.4 is 5.73 Å². The SMILES string of the molecule is Nc1c(C(=O)O)ccc(-c2cccc(Cl)c2Cl)c1F. The second-order valence-corrected chi connectivity index (χ2v) is 4.58. The van der Waals surface area contributed by atoms with Crippen LogP contribution >= 0.6 is 23.2 Å². The highest BCUT2D eigenvalue weighted by molar-refractivity contribution is 6.43. The fourth-order valence-corrected chi connectivity index (χ4v) is 2.10. The van der Waals surface area contributed by atoms with Crippen LogP contribution in [0.15, 0.2) is 30.3 Å². The number of nitrogens with two attached hydrogens (primary N) is 1. The number of halogens is 3. The molecule has 0 amide bonds. The lowest BCUT2D eigenvalue weighted by Gasteiger charge is -2.10. The molecule has 0 radical (unpaired) electrons. The lowest BCUT2D eigenvalue weighted by atomic mass is 10.0. The molecule has 0 heterocycles. The van der Waals surface area contributed by atoms with Gasteiger partial charge in [-0.25, -0.2) is 9.18 Å². The molecule has 0 unspecified atom stereocenters. The third-order valence-corrected chi connectivity index (χ3v) is 3.47. The van der Waals surface area contributed by atoms with Gasteiger partial charge in [0.25, 0.3) is 0 Å². The summed E-state index contributed by atoms with van der Waals surface area (Å²) in [5, 5.41) is 9.32. The van der Waals surface area contributed by atoms with Crippen molar-refractivity contribution in [3.05, 3.63) is 51.8 Å². The fraction of sp³-hybridized carbons (Fsp3) is 0. The molecule has 2 aromatic carbocycles. The van der Waals surface area contributed by atoms with E-state index < -0.39 is 17.5 Å². The average Bonchev–Trinajstić information content (AvgIpc) is 2.36. The van der Waals surface area contributed by atoms with Gasteiger partial charge in [0.15, 0.2) is 5.82 Å². The first-order valence-corrected chi connectivity index (χ1v) is 5.94. The standard InChI is InChI=1S/C13H8Cl2FNO2/c14-9-3-1-2-6(10(9)15)7-4-5-8(13(18)19)12(17)11(7)16/h1-5H,17H2,(H,18,19). The Bertz CT molecular complexity index is 674. The van der Waals surface area contributed by atoms with Crippen molar-refractivity contribution in [1.82, 2.24) is 0 Å².